The summed E-state index contributed by atoms with van der Waals surface area (Å²) in [5, 5.41) is 0. The van der Waals surface area contributed by atoms with Crippen molar-refractivity contribution in [3.8, 4) is 0 Å². The number of carbonyl (C=O) groups is 1. The first kappa shape index (κ1) is 14.1. The molecule has 20 heavy (non-hydrogen) atoms. The smallest absolute Gasteiger partial charge is 0.258 e. The van der Waals surface area contributed by atoms with Crippen LogP contribution in [-0.2, 0) is 0 Å². The average Bonchev–Trinajstić information content (AvgIpc) is 3.09. The van der Waals surface area contributed by atoms with Crippen LogP contribution < -0.4 is 0 Å². The zero-order valence-corrected chi connectivity index (χ0v) is 13.0. The molecule has 1 saturated heterocycles. The number of nitrogens with zero attached hydrogens (tertiary/aromatic N) is 1. The van der Waals surface area contributed by atoms with Gasteiger partial charge in [-0.05, 0) is 59.7 Å². The van der Waals surface area contributed by atoms with Crippen molar-refractivity contribution in [2.45, 2.75) is 44.6 Å². The number of carbonyl (C=O) groups excluding carboxylic acids is 1. The van der Waals surface area contributed by atoms with Crippen molar-refractivity contribution in [2.24, 2.45) is 5.92 Å². The number of rotatable bonds is 2. The molecule has 1 amide bonds. The summed E-state index contributed by atoms with van der Waals surface area (Å²) in [6.45, 7) is 0.765. The van der Waals surface area contributed by atoms with Crippen molar-refractivity contribution >= 4 is 21.8 Å². The summed E-state index contributed by atoms with van der Waals surface area (Å²) in [6.07, 6.45) is 7.08. The van der Waals surface area contributed by atoms with Crippen LogP contribution in [0.3, 0.4) is 0 Å². The van der Waals surface area contributed by atoms with Crippen LogP contribution in [0.2, 0.25) is 0 Å². The molecular formula is C16H19BrFNO. The van der Waals surface area contributed by atoms with E-state index in [2.05, 4.69) is 15.9 Å². The van der Waals surface area contributed by atoms with Gasteiger partial charge in [-0.15, -0.1) is 0 Å². The van der Waals surface area contributed by atoms with E-state index in [1.54, 1.807) is 12.1 Å². The van der Waals surface area contributed by atoms with E-state index in [1.807, 2.05) is 4.90 Å². The third kappa shape index (κ3) is 2.50. The number of amides is 1. The van der Waals surface area contributed by atoms with Gasteiger partial charge in [0, 0.05) is 17.1 Å². The molecule has 0 aromatic heterocycles. The van der Waals surface area contributed by atoms with Crippen molar-refractivity contribution in [3.63, 3.8) is 0 Å². The Morgan fingerprint density at radius 2 is 1.95 bits per heavy atom. The lowest BCUT2D eigenvalue weighted by atomic mass is 9.95. The van der Waals surface area contributed by atoms with Gasteiger partial charge in [-0.2, -0.15) is 0 Å². The highest BCUT2D eigenvalue weighted by atomic mass is 79.9. The molecule has 1 saturated carbocycles. The zero-order valence-electron chi connectivity index (χ0n) is 11.4. The van der Waals surface area contributed by atoms with E-state index in [4.69, 9.17) is 0 Å². The van der Waals surface area contributed by atoms with Gasteiger partial charge in [0.25, 0.3) is 5.91 Å². The third-order valence-electron chi connectivity index (χ3n) is 4.68. The Balaban J connectivity index is 1.85. The minimum absolute atomic E-state index is 0.149. The minimum Gasteiger partial charge on any atom is -0.335 e. The second-order valence-corrected chi connectivity index (χ2v) is 6.70. The summed E-state index contributed by atoms with van der Waals surface area (Å²) in [5.41, 5.74) is 0.192. The lowest BCUT2D eigenvalue weighted by Crippen LogP contribution is -2.40. The Morgan fingerprint density at radius 1 is 1.20 bits per heavy atom. The van der Waals surface area contributed by atoms with Crippen LogP contribution in [0.1, 0.15) is 48.9 Å². The number of likely N-dealkylation sites (tertiary alicyclic amines) is 1. The monoisotopic (exact) mass is 339 g/mol. The molecule has 3 rings (SSSR count). The maximum atomic E-state index is 14.0. The van der Waals surface area contributed by atoms with Crippen LogP contribution in [0.4, 0.5) is 4.39 Å². The third-order valence-corrected chi connectivity index (χ3v) is 5.34. The summed E-state index contributed by atoms with van der Waals surface area (Å²) in [5.74, 6) is 0.0396. The molecule has 0 bridgehead atoms. The number of hydrogen-bond donors (Lipinski definition) is 0. The first-order chi connectivity index (χ1) is 9.68. The Labute approximate surface area is 127 Å². The molecule has 2 nitrogen and oxygen atoms in total. The molecule has 1 heterocycles. The lowest BCUT2D eigenvalue weighted by molar-refractivity contribution is 0.0683. The maximum Gasteiger partial charge on any atom is 0.258 e. The molecule has 1 aliphatic heterocycles. The van der Waals surface area contributed by atoms with Gasteiger partial charge in [0.05, 0.1) is 5.56 Å². The molecule has 2 fully saturated rings. The Bertz CT molecular complexity index is 493. The molecule has 4 heteroatoms. The van der Waals surface area contributed by atoms with Gasteiger partial charge >= 0.3 is 0 Å². The predicted octanol–water partition coefficient (Wildman–Crippen LogP) is 4.38. The molecule has 108 valence electrons. The summed E-state index contributed by atoms with van der Waals surface area (Å²) >= 11 is 3.31. The Morgan fingerprint density at radius 3 is 2.65 bits per heavy atom. The van der Waals surface area contributed by atoms with Crippen LogP contribution in [-0.4, -0.2) is 23.4 Å². The van der Waals surface area contributed by atoms with Crippen LogP contribution in [0.25, 0.3) is 0 Å². The summed E-state index contributed by atoms with van der Waals surface area (Å²) in [7, 11) is 0. The zero-order chi connectivity index (χ0) is 14.1. The van der Waals surface area contributed by atoms with E-state index in [9.17, 15) is 9.18 Å². The summed E-state index contributed by atoms with van der Waals surface area (Å²) < 4.78 is 14.5. The topological polar surface area (TPSA) is 20.3 Å². The number of benzene rings is 1. The van der Waals surface area contributed by atoms with Crippen LogP contribution in [0.5, 0.6) is 0 Å². The number of hydrogen-bond acceptors (Lipinski definition) is 1. The molecule has 0 radical (unpaired) electrons. The Hall–Kier alpha value is -0.900. The predicted molar refractivity (Wildman–Crippen MR) is 80.1 cm³/mol. The lowest BCUT2D eigenvalue weighted by Gasteiger charge is -2.29. The fourth-order valence-electron chi connectivity index (χ4n) is 3.72. The molecule has 0 spiro atoms. The van der Waals surface area contributed by atoms with E-state index in [0.29, 0.717) is 16.4 Å². The minimum atomic E-state index is -0.429. The van der Waals surface area contributed by atoms with Crippen LogP contribution >= 0.6 is 15.9 Å². The average molecular weight is 340 g/mol. The molecule has 1 aromatic rings. The van der Waals surface area contributed by atoms with E-state index >= 15 is 0 Å². The van der Waals surface area contributed by atoms with Gasteiger partial charge in [-0.3, -0.25) is 4.79 Å². The Kier molecular flexibility index (Phi) is 4.11. The SMILES string of the molecule is O=C(c1c(F)cccc1Br)N1CCCC1C1CCCC1. The quantitative estimate of drug-likeness (QED) is 0.782. The fraction of sp³-hybridized carbons (Fsp3) is 0.562. The molecular weight excluding hydrogens is 321 g/mol. The number of halogens is 2. The highest BCUT2D eigenvalue weighted by Crippen LogP contribution is 2.36. The van der Waals surface area contributed by atoms with E-state index in [1.165, 1.54) is 31.7 Å². The molecule has 1 aromatic carbocycles. The van der Waals surface area contributed by atoms with E-state index in [-0.39, 0.29) is 11.5 Å². The first-order valence-corrected chi connectivity index (χ1v) is 8.23. The second kappa shape index (κ2) is 5.84. The normalized spacial score (nSPS) is 23.5. The highest BCUT2D eigenvalue weighted by molar-refractivity contribution is 9.10. The van der Waals surface area contributed by atoms with Crippen LogP contribution in [0.15, 0.2) is 22.7 Å². The van der Waals surface area contributed by atoms with E-state index < -0.39 is 5.82 Å². The first-order valence-electron chi connectivity index (χ1n) is 7.43. The van der Waals surface area contributed by atoms with Gasteiger partial charge in [-0.1, -0.05) is 18.9 Å². The molecule has 1 atom stereocenters. The fourth-order valence-corrected chi connectivity index (χ4v) is 4.23. The van der Waals surface area contributed by atoms with Gasteiger partial charge in [-0.25, -0.2) is 4.39 Å². The van der Waals surface area contributed by atoms with Gasteiger partial charge < -0.3 is 4.90 Å². The highest BCUT2D eigenvalue weighted by Gasteiger charge is 2.37. The van der Waals surface area contributed by atoms with Crippen molar-refractivity contribution < 1.29 is 9.18 Å². The standard InChI is InChI=1S/C16H19BrFNO/c17-12-7-3-8-13(18)15(12)16(20)19-10-4-9-14(19)11-5-1-2-6-11/h3,7-8,11,14H,1-2,4-6,9-10H2. The van der Waals surface area contributed by atoms with Gasteiger partial charge in [0.1, 0.15) is 5.82 Å². The second-order valence-electron chi connectivity index (χ2n) is 5.85. The van der Waals surface area contributed by atoms with Gasteiger partial charge in [0.2, 0.25) is 0 Å². The maximum absolute atomic E-state index is 14.0. The van der Waals surface area contributed by atoms with Crippen molar-refractivity contribution in [3.05, 3.63) is 34.1 Å². The van der Waals surface area contributed by atoms with Crippen molar-refractivity contribution in [1.29, 1.82) is 0 Å². The summed E-state index contributed by atoms with van der Waals surface area (Å²) in [6, 6.07) is 5.03. The molecule has 1 aliphatic carbocycles. The van der Waals surface area contributed by atoms with Gasteiger partial charge in [0.15, 0.2) is 0 Å². The van der Waals surface area contributed by atoms with Crippen molar-refractivity contribution in [2.75, 3.05) is 6.54 Å². The molecule has 0 N–H and O–H groups in total. The molecule has 2 aliphatic rings. The van der Waals surface area contributed by atoms with E-state index in [0.717, 1.165) is 19.4 Å². The van der Waals surface area contributed by atoms with Crippen molar-refractivity contribution in [1.82, 2.24) is 4.90 Å². The molecule has 1 unspecified atom stereocenters. The largest absolute Gasteiger partial charge is 0.335 e. The van der Waals surface area contributed by atoms with Crippen LogP contribution in [0, 0.1) is 11.7 Å². The summed E-state index contributed by atoms with van der Waals surface area (Å²) in [4.78, 5) is 14.6.